The predicted molar refractivity (Wildman–Crippen MR) is 96.1 cm³/mol. The fourth-order valence-electron chi connectivity index (χ4n) is 5.71. The molecule has 5 rings (SSSR count). The van der Waals surface area contributed by atoms with Crippen molar-refractivity contribution < 1.29 is 9.53 Å². The van der Waals surface area contributed by atoms with E-state index >= 15 is 0 Å². The van der Waals surface area contributed by atoms with Gasteiger partial charge in [-0.25, -0.2) is 0 Å². The van der Waals surface area contributed by atoms with Gasteiger partial charge in [0.05, 0.1) is 5.60 Å². The van der Waals surface area contributed by atoms with Crippen LogP contribution in [0.5, 0.6) is 0 Å². The lowest BCUT2D eigenvalue weighted by Gasteiger charge is -2.56. The maximum Gasteiger partial charge on any atom is 0.250 e. The van der Waals surface area contributed by atoms with Crippen molar-refractivity contribution in [2.24, 2.45) is 17.8 Å². The Balaban J connectivity index is 1.38. The van der Waals surface area contributed by atoms with Crippen molar-refractivity contribution in [2.75, 3.05) is 11.9 Å². The highest BCUT2D eigenvalue weighted by Gasteiger charge is 2.51. The molecule has 1 aromatic rings. The number of aryl methyl sites for hydroxylation is 3. The third-order valence-electron chi connectivity index (χ3n) is 6.61. The molecule has 0 spiro atoms. The molecule has 4 saturated carbocycles. The number of carbonyl (C=O) groups excluding carboxylic acids is 1. The SMILES string of the molecule is Cc1cc(C)c(NC(=O)COC23CC4CC(CC(C4)C2)C3)cc1C. The predicted octanol–water partition coefficient (Wildman–Crippen LogP) is 4.54. The van der Waals surface area contributed by atoms with E-state index in [1.54, 1.807) is 0 Å². The number of ether oxygens (including phenoxy) is 1. The second-order valence-corrected chi connectivity index (χ2v) is 8.69. The van der Waals surface area contributed by atoms with E-state index in [2.05, 4.69) is 31.3 Å². The van der Waals surface area contributed by atoms with Crippen LogP contribution in [0.2, 0.25) is 0 Å². The molecular formula is C21H29NO2. The highest BCUT2D eigenvalue weighted by molar-refractivity contribution is 5.92. The second-order valence-electron chi connectivity index (χ2n) is 8.69. The second kappa shape index (κ2) is 5.87. The van der Waals surface area contributed by atoms with Crippen molar-refractivity contribution in [3.63, 3.8) is 0 Å². The van der Waals surface area contributed by atoms with Crippen molar-refractivity contribution in [3.8, 4) is 0 Å². The fourth-order valence-corrected chi connectivity index (χ4v) is 5.71. The molecule has 4 fully saturated rings. The highest BCUT2D eigenvalue weighted by atomic mass is 16.5. The van der Waals surface area contributed by atoms with E-state index < -0.39 is 0 Å². The van der Waals surface area contributed by atoms with Crippen LogP contribution in [-0.4, -0.2) is 18.1 Å². The van der Waals surface area contributed by atoms with E-state index in [0.29, 0.717) is 0 Å². The summed E-state index contributed by atoms with van der Waals surface area (Å²) in [6.45, 7) is 6.42. The van der Waals surface area contributed by atoms with Gasteiger partial charge in [0.2, 0.25) is 5.91 Å². The number of carbonyl (C=O) groups is 1. The first kappa shape index (κ1) is 16.1. The number of amides is 1. The van der Waals surface area contributed by atoms with Gasteiger partial charge < -0.3 is 10.1 Å². The van der Waals surface area contributed by atoms with Crippen LogP contribution in [0.1, 0.15) is 55.2 Å². The average Bonchev–Trinajstić information content (AvgIpc) is 2.49. The molecule has 0 unspecified atom stereocenters. The average molecular weight is 327 g/mol. The van der Waals surface area contributed by atoms with Gasteiger partial charge in [-0.2, -0.15) is 0 Å². The van der Waals surface area contributed by atoms with Crippen LogP contribution in [-0.2, 0) is 9.53 Å². The zero-order valence-corrected chi connectivity index (χ0v) is 15.2. The number of anilines is 1. The minimum atomic E-state index is -0.0166. The van der Waals surface area contributed by atoms with E-state index in [9.17, 15) is 4.79 Å². The molecule has 1 amide bonds. The van der Waals surface area contributed by atoms with E-state index in [1.807, 2.05) is 6.92 Å². The Bertz CT molecular complexity index is 629. The molecular weight excluding hydrogens is 298 g/mol. The molecule has 3 heteroatoms. The third-order valence-corrected chi connectivity index (χ3v) is 6.61. The Kier molecular flexibility index (Phi) is 3.95. The zero-order valence-electron chi connectivity index (χ0n) is 15.2. The Morgan fingerprint density at radius 1 is 1.00 bits per heavy atom. The van der Waals surface area contributed by atoms with E-state index in [-0.39, 0.29) is 18.1 Å². The lowest BCUT2D eigenvalue weighted by Crippen LogP contribution is -2.52. The summed E-state index contributed by atoms with van der Waals surface area (Å²) in [5, 5.41) is 3.05. The van der Waals surface area contributed by atoms with Crippen molar-refractivity contribution in [1.29, 1.82) is 0 Å². The molecule has 0 heterocycles. The Labute approximate surface area is 145 Å². The lowest BCUT2D eigenvalue weighted by atomic mass is 9.54. The maximum absolute atomic E-state index is 12.4. The van der Waals surface area contributed by atoms with Crippen molar-refractivity contribution in [3.05, 3.63) is 28.8 Å². The van der Waals surface area contributed by atoms with Gasteiger partial charge in [-0.3, -0.25) is 4.79 Å². The molecule has 1 N–H and O–H groups in total. The Morgan fingerprint density at radius 3 is 2.12 bits per heavy atom. The van der Waals surface area contributed by atoms with Crippen molar-refractivity contribution in [1.82, 2.24) is 0 Å². The number of nitrogens with one attached hydrogen (secondary N) is 1. The molecule has 0 radical (unpaired) electrons. The van der Waals surface area contributed by atoms with Crippen molar-refractivity contribution >= 4 is 11.6 Å². The van der Waals surface area contributed by atoms with Crippen LogP contribution in [0.25, 0.3) is 0 Å². The van der Waals surface area contributed by atoms with Crippen LogP contribution < -0.4 is 5.32 Å². The van der Waals surface area contributed by atoms with Gasteiger partial charge >= 0.3 is 0 Å². The summed E-state index contributed by atoms with van der Waals surface area (Å²) < 4.78 is 6.26. The summed E-state index contributed by atoms with van der Waals surface area (Å²) in [6.07, 6.45) is 7.72. The summed E-state index contributed by atoms with van der Waals surface area (Å²) in [5.74, 6) is 2.53. The summed E-state index contributed by atoms with van der Waals surface area (Å²) in [4.78, 5) is 12.4. The smallest absolute Gasteiger partial charge is 0.250 e. The molecule has 0 aliphatic heterocycles. The largest absolute Gasteiger partial charge is 0.365 e. The quantitative estimate of drug-likeness (QED) is 0.882. The van der Waals surface area contributed by atoms with E-state index in [1.165, 1.54) is 49.7 Å². The molecule has 4 bridgehead atoms. The van der Waals surface area contributed by atoms with Gasteiger partial charge in [-0.15, -0.1) is 0 Å². The van der Waals surface area contributed by atoms with Crippen LogP contribution in [0.3, 0.4) is 0 Å². The summed E-state index contributed by atoms with van der Waals surface area (Å²) in [7, 11) is 0. The fraction of sp³-hybridized carbons (Fsp3) is 0.667. The van der Waals surface area contributed by atoms with Gasteiger partial charge in [-0.1, -0.05) is 6.07 Å². The first-order valence-electron chi connectivity index (χ1n) is 9.44. The van der Waals surface area contributed by atoms with Crippen LogP contribution in [0, 0.1) is 38.5 Å². The van der Waals surface area contributed by atoms with Crippen LogP contribution >= 0.6 is 0 Å². The maximum atomic E-state index is 12.4. The monoisotopic (exact) mass is 327 g/mol. The van der Waals surface area contributed by atoms with Gasteiger partial charge in [0.15, 0.2) is 0 Å². The summed E-state index contributed by atoms with van der Waals surface area (Å²) in [6, 6.07) is 4.19. The Morgan fingerprint density at radius 2 is 1.54 bits per heavy atom. The first-order valence-corrected chi connectivity index (χ1v) is 9.44. The minimum Gasteiger partial charge on any atom is -0.365 e. The van der Waals surface area contributed by atoms with Crippen molar-refractivity contribution in [2.45, 2.75) is 64.9 Å². The first-order chi connectivity index (χ1) is 11.4. The number of hydrogen-bond donors (Lipinski definition) is 1. The van der Waals surface area contributed by atoms with E-state index in [0.717, 1.165) is 29.0 Å². The van der Waals surface area contributed by atoms with Gasteiger partial charge in [-0.05, 0) is 99.8 Å². The van der Waals surface area contributed by atoms with Gasteiger partial charge in [0.1, 0.15) is 6.61 Å². The normalized spacial score (nSPS) is 33.7. The van der Waals surface area contributed by atoms with E-state index in [4.69, 9.17) is 4.74 Å². The topological polar surface area (TPSA) is 38.3 Å². The molecule has 0 atom stereocenters. The zero-order chi connectivity index (χ0) is 16.9. The molecule has 3 nitrogen and oxygen atoms in total. The minimum absolute atomic E-state index is 0.00429. The van der Waals surface area contributed by atoms with Crippen LogP contribution in [0.4, 0.5) is 5.69 Å². The Hall–Kier alpha value is -1.35. The molecule has 130 valence electrons. The molecule has 4 aliphatic rings. The van der Waals surface area contributed by atoms with Crippen LogP contribution in [0.15, 0.2) is 12.1 Å². The highest BCUT2D eigenvalue weighted by Crippen LogP contribution is 2.57. The molecule has 0 aromatic heterocycles. The molecule has 1 aromatic carbocycles. The molecule has 0 saturated heterocycles. The number of benzene rings is 1. The summed E-state index contributed by atoms with van der Waals surface area (Å²) >= 11 is 0. The van der Waals surface area contributed by atoms with Gasteiger partial charge in [0.25, 0.3) is 0 Å². The lowest BCUT2D eigenvalue weighted by molar-refractivity contribution is -0.167. The third kappa shape index (κ3) is 2.99. The molecule has 4 aliphatic carbocycles. The molecule has 24 heavy (non-hydrogen) atoms. The summed E-state index contributed by atoms with van der Waals surface area (Å²) in [5.41, 5.74) is 4.50. The number of rotatable bonds is 4. The number of hydrogen-bond acceptors (Lipinski definition) is 2. The van der Waals surface area contributed by atoms with Gasteiger partial charge in [0, 0.05) is 5.69 Å². The standard InChI is InChI=1S/C21H29NO2/c1-13-4-15(3)19(5-14(13)2)22-20(23)12-24-21-9-16-6-17(10-21)8-18(7-16)11-21/h4-5,16-18H,6-12H2,1-3H3,(H,22,23).